The van der Waals surface area contributed by atoms with Crippen molar-refractivity contribution >= 4 is 22.7 Å². The van der Waals surface area contributed by atoms with Gasteiger partial charge in [-0.15, -0.1) is 5.10 Å². The van der Waals surface area contributed by atoms with E-state index in [0.29, 0.717) is 12.8 Å². The molecule has 0 spiro atoms. The van der Waals surface area contributed by atoms with Gasteiger partial charge >= 0.3 is 6.61 Å². The molecule has 0 unspecified atom stereocenters. The van der Waals surface area contributed by atoms with Crippen LogP contribution in [0, 0.1) is 0 Å². The molecule has 3 aromatic rings. The van der Waals surface area contributed by atoms with E-state index < -0.39 is 6.61 Å². The number of carbonyl (C=O) groups excluding carboxylic acids is 1. The van der Waals surface area contributed by atoms with E-state index in [1.807, 2.05) is 24.3 Å². The number of aryl methyl sites for hydroxylation is 1. The summed E-state index contributed by atoms with van der Waals surface area (Å²) in [6.45, 7) is -1.01. The molecule has 0 aliphatic rings. The second-order valence-corrected chi connectivity index (χ2v) is 6.14. The van der Waals surface area contributed by atoms with Crippen molar-refractivity contribution in [3.8, 4) is 5.75 Å². The van der Waals surface area contributed by atoms with Gasteiger partial charge in [-0.2, -0.15) is 13.9 Å². The van der Waals surface area contributed by atoms with Gasteiger partial charge in [0, 0.05) is 5.71 Å². The summed E-state index contributed by atoms with van der Waals surface area (Å²) in [7, 11) is 0. The Balaban J connectivity index is 1.48. The number of hydrazone groups is 1. The van der Waals surface area contributed by atoms with Crippen LogP contribution in [0.2, 0.25) is 0 Å². The lowest BCUT2D eigenvalue weighted by Gasteiger charge is -2.06. The van der Waals surface area contributed by atoms with Crippen LogP contribution in [0.4, 0.5) is 8.78 Å². The third kappa shape index (κ3) is 5.32. The van der Waals surface area contributed by atoms with Crippen LogP contribution in [-0.4, -0.2) is 33.2 Å². The number of rotatable bonds is 8. The molecule has 146 valence electrons. The van der Waals surface area contributed by atoms with E-state index in [-0.39, 0.29) is 18.2 Å². The van der Waals surface area contributed by atoms with Gasteiger partial charge in [0.1, 0.15) is 17.8 Å². The van der Waals surface area contributed by atoms with Crippen molar-refractivity contribution in [2.24, 2.45) is 5.10 Å². The molecule has 0 aliphatic carbocycles. The lowest BCUT2D eigenvalue weighted by atomic mass is 10.1. The van der Waals surface area contributed by atoms with Crippen molar-refractivity contribution in [3.63, 3.8) is 0 Å². The summed E-state index contributed by atoms with van der Waals surface area (Å²) in [5.41, 5.74) is 5.70. The molecule has 0 bridgehead atoms. The Hall–Kier alpha value is -3.36. The number of alkyl halides is 2. The quantitative estimate of drug-likeness (QED) is 0.476. The Kier molecular flexibility index (Phi) is 6.25. The lowest BCUT2D eigenvalue weighted by molar-refractivity contribution is -0.121. The fourth-order valence-electron chi connectivity index (χ4n) is 2.58. The Morgan fingerprint density at radius 2 is 1.96 bits per heavy atom. The summed E-state index contributed by atoms with van der Waals surface area (Å²) >= 11 is 0. The number of carbonyl (C=O) groups is 1. The maximum atomic E-state index is 12.1. The van der Waals surface area contributed by atoms with Crippen molar-refractivity contribution in [2.45, 2.75) is 32.9 Å². The van der Waals surface area contributed by atoms with Gasteiger partial charge in [-0.05, 0) is 49.6 Å². The van der Waals surface area contributed by atoms with E-state index in [9.17, 15) is 13.6 Å². The predicted molar refractivity (Wildman–Crippen MR) is 100 cm³/mol. The highest BCUT2D eigenvalue weighted by Crippen LogP contribution is 2.16. The van der Waals surface area contributed by atoms with E-state index in [2.05, 4.69) is 25.6 Å². The van der Waals surface area contributed by atoms with Gasteiger partial charge in [-0.1, -0.05) is 29.5 Å². The number of para-hydroxylation sites is 1. The highest BCUT2D eigenvalue weighted by molar-refractivity contribution is 5.85. The van der Waals surface area contributed by atoms with Crippen molar-refractivity contribution < 1.29 is 18.3 Å². The van der Waals surface area contributed by atoms with Crippen LogP contribution < -0.4 is 10.2 Å². The minimum absolute atomic E-state index is 0.0168. The van der Waals surface area contributed by atoms with Crippen molar-refractivity contribution in [3.05, 3.63) is 54.1 Å². The van der Waals surface area contributed by atoms with Crippen LogP contribution in [0.1, 0.15) is 18.9 Å². The number of hydrogen-bond acceptors (Lipinski definition) is 5. The zero-order chi connectivity index (χ0) is 19.9. The maximum Gasteiger partial charge on any atom is 0.387 e. The fourth-order valence-corrected chi connectivity index (χ4v) is 2.58. The summed E-state index contributed by atoms with van der Waals surface area (Å²) in [5, 5.41) is 12.1. The first-order valence-electron chi connectivity index (χ1n) is 8.65. The molecule has 0 saturated heterocycles. The Bertz CT molecular complexity index is 970. The molecule has 1 N–H and O–H groups in total. The average molecular weight is 387 g/mol. The SMILES string of the molecule is C/C(CCc1ccc(OC(F)F)cc1)=N/NC(=O)Cn1nnc2ccccc21. The van der Waals surface area contributed by atoms with Crippen molar-refractivity contribution in [1.82, 2.24) is 20.4 Å². The molecule has 0 saturated carbocycles. The van der Waals surface area contributed by atoms with Crippen LogP contribution >= 0.6 is 0 Å². The first kappa shape index (κ1) is 19.4. The molecule has 0 radical (unpaired) electrons. The van der Waals surface area contributed by atoms with Gasteiger partial charge < -0.3 is 4.74 Å². The van der Waals surface area contributed by atoms with Gasteiger partial charge in [0.15, 0.2) is 0 Å². The molecule has 7 nitrogen and oxygen atoms in total. The topological polar surface area (TPSA) is 81.4 Å². The summed E-state index contributed by atoms with van der Waals surface area (Å²) in [6.07, 6.45) is 1.27. The number of fused-ring (bicyclic) bond motifs is 1. The average Bonchev–Trinajstić information content (AvgIpc) is 3.08. The molecule has 1 aromatic heterocycles. The number of nitrogens with zero attached hydrogens (tertiary/aromatic N) is 4. The monoisotopic (exact) mass is 387 g/mol. The van der Waals surface area contributed by atoms with Crippen LogP contribution in [-0.2, 0) is 17.8 Å². The van der Waals surface area contributed by atoms with Gasteiger partial charge in [-0.25, -0.2) is 10.1 Å². The number of benzene rings is 2. The minimum atomic E-state index is -2.83. The summed E-state index contributed by atoms with van der Waals surface area (Å²) in [6, 6.07) is 13.8. The summed E-state index contributed by atoms with van der Waals surface area (Å²) in [4.78, 5) is 12.1. The first-order valence-corrected chi connectivity index (χ1v) is 8.65. The Morgan fingerprint density at radius 1 is 1.21 bits per heavy atom. The van der Waals surface area contributed by atoms with E-state index in [1.54, 1.807) is 19.1 Å². The van der Waals surface area contributed by atoms with E-state index in [1.165, 1.54) is 16.8 Å². The van der Waals surface area contributed by atoms with Crippen LogP contribution in [0.15, 0.2) is 53.6 Å². The highest BCUT2D eigenvalue weighted by Gasteiger charge is 2.08. The van der Waals surface area contributed by atoms with Gasteiger partial charge in [0.2, 0.25) is 0 Å². The molecule has 9 heteroatoms. The van der Waals surface area contributed by atoms with E-state index >= 15 is 0 Å². The zero-order valence-electron chi connectivity index (χ0n) is 15.2. The second-order valence-electron chi connectivity index (χ2n) is 6.14. The number of nitrogens with one attached hydrogen (secondary N) is 1. The molecule has 3 rings (SSSR count). The molecular weight excluding hydrogens is 368 g/mol. The normalized spacial score (nSPS) is 11.8. The standard InChI is InChI=1S/C19H19F2N5O2/c1-13(6-7-14-8-10-15(11-9-14)28-19(20)21)22-24-18(27)12-26-17-5-3-2-4-16(17)23-25-26/h2-5,8-11,19H,6-7,12H2,1H3,(H,24,27)/b22-13-. The summed E-state index contributed by atoms with van der Waals surface area (Å²) < 4.78 is 30.1. The van der Waals surface area contributed by atoms with Gasteiger partial charge in [0.25, 0.3) is 5.91 Å². The van der Waals surface area contributed by atoms with Gasteiger partial charge in [0.05, 0.1) is 5.52 Å². The van der Waals surface area contributed by atoms with Crippen LogP contribution in [0.5, 0.6) is 5.75 Å². The van der Waals surface area contributed by atoms with Crippen molar-refractivity contribution in [2.75, 3.05) is 0 Å². The molecule has 0 aliphatic heterocycles. The van der Waals surface area contributed by atoms with Crippen molar-refractivity contribution in [1.29, 1.82) is 0 Å². The third-order valence-corrected chi connectivity index (χ3v) is 4.01. The fraction of sp³-hybridized carbons (Fsp3) is 0.263. The third-order valence-electron chi connectivity index (χ3n) is 4.01. The number of amides is 1. The number of hydrogen-bond donors (Lipinski definition) is 1. The second kappa shape index (κ2) is 9.03. The zero-order valence-corrected chi connectivity index (χ0v) is 15.2. The largest absolute Gasteiger partial charge is 0.435 e. The Morgan fingerprint density at radius 3 is 2.71 bits per heavy atom. The molecule has 0 atom stereocenters. The maximum absolute atomic E-state index is 12.1. The molecule has 2 aromatic carbocycles. The highest BCUT2D eigenvalue weighted by atomic mass is 19.3. The number of aromatic nitrogens is 3. The van der Waals surface area contributed by atoms with Crippen LogP contribution in [0.25, 0.3) is 11.0 Å². The Labute approximate surface area is 160 Å². The van der Waals surface area contributed by atoms with Crippen LogP contribution in [0.3, 0.4) is 0 Å². The number of ether oxygens (including phenoxy) is 1. The number of halogens is 2. The molecule has 1 amide bonds. The molecule has 28 heavy (non-hydrogen) atoms. The lowest BCUT2D eigenvalue weighted by Crippen LogP contribution is -2.24. The first-order chi connectivity index (χ1) is 13.5. The molecular formula is C19H19F2N5O2. The molecule has 1 heterocycles. The summed E-state index contributed by atoms with van der Waals surface area (Å²) in [5.74, 6) is -0.180. The van der Waals surface area contributed by atoms with E-state index in [4.69, 9.17) is 0 Å². The van der Waals surface area contributed by atoms with E-state index in [0.717, 1.165) is 22.3 Å². The smallest absolute Gasteiger partial charge is 0.387 e. The minimum Gasteiger partial charge on any atom is -0.435 e. The van der Waals surface area contributed by atoms with Gasteiger partial charge in [-0.3, -0.25) is 4.79 Å². The molecule has 0 fully saturated rings. The predicted octanol–water partition coefficient (Wildman–Crippen LogP) is 3.16.